The molecule has 2 N–H and O–H groups in total. The number of halogens is 3. The molecule has 0 saturated carbocycles. The molecule has 1 aromatic carbocycles. The summed E-state index contributed by atoms with van der Waals surface area (Å²) in [6.45, 7) is 4.01. The number of rotatable bonds is 5. The van der Waals surface area contributed by atoms with Crippen molar-refractivity contribution in [1.29, 1.82) is 0 Å². The predicted molar refractivity (Wildman–Crippen MR) is 86.1 cm³/mol. The maximum Gasteiger partial charge on any atom is 0.417 e. The van der Waals surface area contributed by atoms with Gasteiger partial charge < -0.3 is 10.6 Å². The fourth-order valence-corrected chi connectivity index (χ4v) is 2.00. The summed E-state index contributed by atoms with van der Waals surface area (Å²) in [5.74, 6) is -0.626. The Morgan fingerprint density at radius 1 is 1.21 bits per heavy atom. The Hall–Kier alpha value is -2.57. The first-order valence-electron chi connectivity index (χ1n) is 7.45. The summed E-state index contributed by atoms with van der Waals surface area (Å²) < 4.78 is 39.9. The second-order valence-electron chi connectivity index (χ2n) is 5.71. The van der Waals surface area contributed by atoms with Gasteiger partial charge in [-0.1, -0.05) is 32.0 Å². The van der Waals surface area contributed by atoms with Crippen LogP contribution in [0.2, 0.25) is 0 Å². The van der Waals surface area contributed by atoms with Crippen LogP contribution in [0.5, 0.6) is 0 Å². The number of carbonyl (C=O) groups excluding carboxylic acids is 1. The minimum absolute atomic E-state index is 0.0222. The highest BCUT2D eigenvalue weighted by Gasteiger charge is 2.36. The van der Waals surface area contributed by atoms with Gasteiger partial charge in [0.1, 0.15) is 5.82 Å². The van der Waals surface area contributed by atoms with Crippen LogP contribution in [-0.2, 0) is 6.18 Å². The fraction of sp³-hybridized carbons (Fsp3) is 0.294. The van der Waals surface area contributed by atoms with E-state index in [1.54, 1.807) is 30.3 Å². The average molecular weight is 337 g/mol. The van der Waals surface area contributed by atoms with Gasteiger partial charge in [-0.25, -0.2) is 4.98 Å². The van der Waals surface area contributed by atoms with E-state index in [4.69, 9.17) is 0 Å². The van der Waals surface area contributed by atoms with Gasteiger partial charge in [0, 0.05) is 18.4 Å². The Balaban J connectivity index is 2.30. The maximum atomic E-state index is 13.3. The zero-order valence-corrected chi connectivity index (χ0v) is 13.3. The molecule has 0 aliphatic rings. The Morgan fingerprint density at radius 3 is 2.46 bits per heavy atom. The van der Waals surface area contributed by atoms with E-state index in [0.29, 0.717) is 12.2 Å². The van der Waals surface area contributed by atoms with Crippen molar-refractivity contribution in [3.63, 3.8) is 0 Å². The van der Waals surface area contributed by atoms with Crippen LogP contribution >= 0.6 is 0 Å². The summed E-state index contributed by atoms with van der Waals surface area (Å²) in [6.07, 6.45) is -3.70. The quantitative estimate of drug-likeness (QED) is 0.858. The van der Waals surface area contributed by atoms with Gasteiger partial charge in [0.15, 0.2) is 0 Å². The van der Waals surface area contributed by atoms with Gasteiger partial charge >= 0.3 is 6.18 Å². The number of hydrogen-bond acceptors (Lipinski definition) is 3. The van der Waals surface area contributed by atoms with Crippen LogP contribution < -0.4 is 10.6 Å². The first kappa shape index (κ1) is 17.8. The van der Waals surface area contributed by atoms with E-state index in [0.717, 1.165) is 12.3 Å². The van der Waals surface area contributed by atoms with Crippen LogP contribution in [0.15, 0.2) is 42.6 Å². The van der Waals surface area contributed by atoms with Crippen molar-refractivity contribution in [3.05, 3.63) is 53.7 Å². The van der Waals surface area contributed by atoms with Crippen molar-refractivity contribution in [3.8, 4) is 0 Å². The third-order valence-corrected chi connectivity index (χ3v) is 3.17. The summed E-state index contributed by atoms with van der Waals surface area (Å²) in [5.41, 5.74) is -0.894. The number of nitrogens with one attached hydrogen (secondary N) is 2. The largest absolute Gasteiger partial charge is 0.417 e. The molecule has 0 unspecified atom stereocenters. The summed E-state index contributed by atoms with van der Waals surface area (Å²) in [7, 11) is 0. The number of pyridine rings is 1. The van der Waals surface area contributed by atoms with Gasteiger partial charge in [-0.2, -0.15) is 13.2 Å². The van der Waals surface area contributed by atoms with Crippen LogP contribution in [0.25, 0.3) is 0 Å². The van der Waals surface area contributed by atoms with Gasteiger partial charge in [-0.15, -0.1) is 0 Å². The monoisotopic (exact) mass is 337 g/mol. The van der Waals surface area contributed by atoms with Gasteiger partial charge in [-0.3, -0.25) is 4.79 Å². The van der Waals surface area contributed by atoms with Crippen molar-refractivity contribution in [2.24, 2.45) is 5.92 Å². The normalized spacial score (nSPS) is 11.4. The van der Waals surface area contributed by atoms with Crippen LogP contribution in [-0.4, -0.2) is 17.4 Å². The molecule has 1 amide bonds. The smallest absolute Gasteiger partial charge is 0.352 e. The Kier molecular flexibility index (Phi) is 5.43. The highest BCUT2D eigenvalue weighted by molar-refractivity contribution is 5.95. The number of amides is 1. The Labute approximate surface area is 138 Å². The van der Waals surface area contributed by atoms with Crippen molar-refractivity contribution in [2.45, 2.75) is 20.0 Å². The van der Waals surface area contributed by atoms with Gasteiger partial charge in [-0.05, 0) is 24.1 Å². The van der Waals surface area contributed by atoms with Gasteiger partial charge in [0.2, 0.25) is 0 Å². The van der Waals surface area contributed by atoms with Crippen molar-refractivity contribution >= 4 is 17.4 Å². The van der Waals surface area contributed by atoms with E-state index in [-0.39, 0.29) is 11.7 Å². The molecule has 0 spiro atoms. The molecule has 2 rings (SSSR count). The van der Waals surface area contributed by atoms with E-state index in [1.165, 1.54) is 0 Å². The molecule has 24 heavy (non-hydrogen) atoms. The lowest BCUT2D eigenvalue weighted by Crippen LogP contribution is -2.29. The SMILES string of the molecule is CC(C)CNC(=O)c1cnc(Nc2ccccc2)cc1C(F)(F)F. The summed E-state index contributed by atoms with van der Waals surface area (Å²) in [4.78, 5) is 15.9. The molecule has 7 heteroatoms. The van der Waals surface area contributed by atoms with E-state index in [9.17, 15) is 18.0 Å². The lowest BCUT2D eigenvalue weighted by atomic mass is 10.1. The molecule has 0 atom stereocenters. The zero-order chi connectivity index (χ0) is 17.7. The number of benzene rings is 1. The number of carbonyl (C=O) groups is 1. The molecule has 1 aromatic heterocycles. The molecule has 0 saturated heterocycles. The van der Waals surface area contributed by atoms with E-state index in [2.05, 4.69) is 15.6 Å². The first-order chi connectivity index (χ1) is 11.3. The van der Waals surface area contributed by atoms with E-state index < -0.39 is 23.2 Å². The lowest BCUT2D eigenvalue weighted by Gasteiger charge is -2.15. The van der Waals surface area contributed by atoms with Crippen LogP contribution in [0, 0.1) is 5.92 Å². The highest BCUT2D eigenvalue weighted by Crippen LogP contribution is 2.33. The second-order valence-corrected chi connectivity index (χ2v) is 5.71. The number of nitrogens with zero attached hydrogens (tertiary/aromatic N) is 1. The van der Waals surface area contributed by atoms with E-state index >= 15 is 0 Å². The molecule has 0 radical (unpaired) electrons. The summed E-state index contributed by atoms with van der Waals surface area (Å²) >= 11 is 0. The standard InChI is InChI=1S/C17H18F3N3O/c1-11(2)9-22-16(24)13-10-21-15(8-14(13)17(18,19)20)23-12-6-4-3-5-7-12/h3-8,10-11H,9H2,1-2H3,(H,21,23)(H,22,24). The minimum Gasteiger partial charge on any atom is -0.352 e. The van der Waals surface area contributed by atoms with Crippen LogP contribution in [0.4, 0.5) is 24.7 Å². The van der Waals surface area contributed by atoms with Crippen molar-refractivity contribution in [2.75, 3.05) is 11.9 Å². The first-order valence-corrected chi connectivity index (χ1v) is 7.45. The number of hydrogen-bond donors (Lipinski definition) is 2. The molecule has 0 bridgehead atoms. The molecule has 1 heterocycles. The summed E-state index contributed by atoms with van der Waals surface area (Å²) in [5, 5.41) is 5.27. The maximum absolute atomic E-state index is 13.3. The topological polar surface area (TPSA) is 54.0 Å². The average Bonchev–Trinajstić information content (AvgIpc) is 2.52. The second kappa shape index (κ2) is 7.33. The minimum atomic E-state index is -4.65. The molecule has 2 aromatic rings. The number of anilines is 2. The zero-order valence-electron chi connectivity index (χ0n) is 13.3. The molecular formula is C17H18F3N3O. The molecule has 4 nitrogen and oxygen atoms in total. The highest BCUT2D eigenvalue weighted by atomic mass is 19.4. The molecule has 128 valence electrons. The van der Waals surface area contributed by atoms with Crippen molar-refractivity contribution in [1.82, 2.24) is 10.3 Å². The third-order valence-electron chi connectivity index (χ3n) is 3.17. The Bertz CT molecular complexity index is 700. The number of aromatic nitrogens is 1. The van der Waals surface area contributed by atoms with Gasteiger partial charge in [0.25, 0.3) is 5.91 Å². The number of alkyl halides is 3. The predicted octanol–water partition coefficient (Wildman–Crippen LogP) is 4.23. The number of para-hydroxylation sites is 1. The van der Waals surface area contributed by atoms with Crippen LogP contribution in [0.1, 0.15) is 29.8 Å². The fourth-order valence-electron chi connectivity index (χ4n) is 2.00. The molecular weight excluding hydrogens is 319 g/mol. The van der Waals surface area contributed by atoms with Crippen molar-refractivity contribution < 1.29 is 18.0 Å². The van der Waals surface area contributed by atoms with Crippen LogP contribution in [0.3, 0.4) is 0 Å². The lowest BCUT2D eigenvalue weighted by molar-refractivity contribution is -0.137. The van der Waals surface area contributed by atoms with Gasteiger partial charge in [0.05, 0.1) is 11.1 Å². The molecule has 0 fully saturated rings. The summed E-state index contributed by atoms with van der Waals surface area (Å²) in [6, 6.07) is 9.55. The Morgan fingerprint density at radius 2 is 1.88 bits per heavy atom. The molecule has 0 aliphatic heterocycles. The van der Waals surface area contributed by atoms with E-state index in [1.807, 2.05) is 13.8 Å². The molecule has 0 aliphatic carbocycles. The third kappa shape index (κ3) is 4.71.